The minimum Gasteiger partial charge on any atom is -0.462 e. The highest BCUT2D eigenvalue weighted by Crippen LogP contribution is 2.36. The van der Waals surface area contributed by atoms with Crippen LogP contribution in [0.15, 0.2) is 72.9 Å². The maximum Gasteiger partial charge on any atom is 0.469 e. The summed E-state index contributed by atoms with van der Waals surface area (Å²) in [6, 6.07) is 0. The molecule has 0 saturated heterocycles. The van der Waals surface area contributed by atoms with E-state index < -0.39 is 45.2 Å². The maximum absolute atomic E-state index is 12.4. The van der Waals surface area contributed by atoms with Crippen LogP contribution in [0.5, 0.6) is 0 Å². The number of hydrogen-bond donors (Lipinski definition) is 3. The van der Waals surface area contributed by atoms with E-state index in [1.165, 1.54) is 51.4 Å². The number of aliphatic hydroxyl groups excluding tert-OH is 1. The van der Waals surface area contributed by atoms with Crippen LogP contribution in [-0.4, -0.2) is 52.3 Å². The van der Waals surface area contributed by atoms with Gasteiger partial charge >= 0.3 is 19.8 Å². The van der Waals surface area contributed by atoms with Crippen LogP contribution in [0, 0.1) is 5.92 Å². The number of phosphoric ester groups is 1. The topological polar surface area (TPSA) is 140 Å². The molecule has 0 heterocycles. The molecule has 0 spiro atoms. The number of aliphatic hydroxyl groups is 1. The van der Waals surface area contributed by atoms with Gasteiger partial charge < -0.3 is 24.4 Å². The second kappa shape index (κ2) is 35.5. The van der Waals surface area contributed by atoms with Gasteiger partial charge in [-0.15, -0.1) is 0 Å². The average molecular weight is 751 g/mol. The van der Waals surface area contributed by atoms with Crippen LogP contribution in [0.4, 0.5) is 0 Å². The van der Waals surface area contributed by atoms with Crippen molar-refractivity contribution in [1.82, 2.24) is 0 Å². The molecule has 0 amide bonds. The predicted octanol–water partition coefficient (Wildman–Crippen LogP) is 10.7. The normalized spacial score (nSPS) is 14.0. The van der Waals surface area contributed by atoms with Crippen molar-refractivity contribution in [2.75, 3.05) is 13.2 Å². The van der Waals surface area contributed by atoms with Gasteiger partial charge in [-0.25, -0.2) is 4.57 Å². The Kier molecular flexibility index (Phi) is 33.7. The molecule has 3 N–H and O–H groups in total. The molecular formula is C42H71O9P. The van der Waals surface area contributed by atoms with E-state index in [9.17, 15) is 19.3 Å². The SMILES string of the molecule is CC/C=C\C/C=C\C/C=C\C/C=C\C/C=C\C=C/C(O)CCC(=O)OC[C@H](COP(=O)(O)O)OC(=O)CCCCCCCCCCCCCC(C)C. The fourth-order valence-corrected chi connectivity index (χ4v) is 5.44. The fraction of sp³-hybridized carbons (Fsp3) is 0.667. The molecule has 298 valence electrons. The summed E-state index contributed by atoms with van der Waals surface area (Å²) in [5.41, 5.74) is 0. The molecule has 0 radical (unpaired) electrons. The standard InChI is InChI=1S/C42H71O9P/c1-4-5-6-7-8-9-10-11-12-13-14-17-20-23-26-29-32-39(43)34-35-41(44)49-36-40(37-50-52(46,47)48)51-42(45)33-30-27-24-21-18-15-16-19-22-25-28-31-38(2)3/h5-6,8-9,11-12,14,17,23,26,29,32,38-40,43H,4,7,10,13,15-16,18-22,24-25,27-28,30-31,33-37H2,1-3H3,(H2,46,47,48)/b6-5-,9-8-,12-11-,17-14-,26-23-,32-29-/t39?,40-/m1/s1. The molecule has 1 unspecified atom stereocenters. The first-order valence-electron chi connectivity index (χ1n) is 19.7. The zero-order valence-corrected chi connectivity index (χ0v) is 33.3. The van der Waals surface area contributed by atoms with Crippen molar-refractivity contribution < 1.29 is 43.0 Å². The Balaban J connectivity index is 4.21. The molecule has 0 bridgehead atoms. The van der Waals surface area contributed by atoms with Gasteiger partial charge in [-0.05, 0) is 50.9 Å². The number of unbranched alkanes of at least 4 members (excludes halogenated alkanes) is 10. The number of hydrogen-bond acceptors (Lipinski definition) is 7. The number of allylic oxidation sites excluding steroid dienone is 11. The molecule has 52 heavy (non-hydrogen) atoms. The van der Waals surface area contributed by atoms with E-state index in [0.717, 1.165) is 57.3 Å². The summed E-state index contributed by atoms with van der Waals surface area (Å²) in [5.74, 6) is -0.378. The van der Waals surface area contributed by atoms with Gasteiger partial charge in [0.1, 0.15) is 6.61 Å². The summed E-state index contributed by atoms with van der Waals surface area (Å²) in [4.78, 5) is 42.8. The lowest BCUT2D eigenvalue weighted by Gasteiger charge is -2.18. The molecule has 0 fully saturated rings. The second-order valence-electron chi connectivity index (χ2n) is 13.6. The van der Waals surface area contributed by atoms with Crippen LogP contribution in [0.2, 0.25) is 0 Å². The third-order valence-electron chi connectivity index (χ3n) is 8.04. The number of carbonyl (C=O) groups excluding carboxylic acids is 2. The van der Waals surface area contributed by atoms with Crippen molar-refractivity contribution in [1.29, 1.82) is 0 Å². The molecular weight excluding hydrogens is 679 g/mol. The zero-order chi connectivity index (χ0) is 38.5. The first kappa shape index (κ1) is 49.5. The molecule has 9 nitrogen and oxygen atoms in total. The van der Waals surface area contributed by atoms with Crippen LogP contribution in [0.25, 0.3) is 0 Å². The number of phosphoric acid groups is 1. The summed E-state index contributed by atoms with van der Waals surface area (Å²) < 4.78 is 26.2. The number of esters is 2. The van der Waals surface area contributed by atoms with E-state index in [4.69, 9.17) is 19.3 Å². The van der Waals surface area contributed by atoms with Gasteiger partial charge in [0.2, 0.25) is 0 Å². The van der Waals surface area contributed by atoms with Gasteiger partial charge in [0, 0.05) is 12.8 Å². The zero-order valence-electron chi connectivity index (χ0n) is 32.5. The summed E-state index contributed by atoms with van der Waals surface area (Å²) in [5, 5.41) is 10.2. The monoisotopic (exact) mass is 750 g/mol. The summed E-state index contributed by atoms with van der Waals surface area (Å²) in [6.07, 6.45) is 41.1. The summed E-state index contributed by atoms with van der Waals surface area (Å²) in [6.45, 7) is 5.65. The molecule has 0 aliphatic heterocycles. The molecule has 0 rings (SSSR count). The van der Waals surface area contributed by atoms with E-state index >= 15 is 0 Å². The lowest BCUT2D eigenvalue weighted by molar-refractivity contribution is -0.161. The Morgan fingerprint density at radius 2 is 1.12 bits per heavy atom. The average Bonchev–Trinajstić information content (AvgIpc) is 3.09. The summed E-state index contributed by atoms with van der Waals surface area (Å²) >= 11 is 0. The van der Waals surface area contributed by atoms with Crippen LogP contribution < -0.4 is 0 Å². The molecule has 0 aliphatic rings. The van der Waals surface area contributed by atoms with Gasteiger partial charge in [0.15, 0.2) is 6.10 Å². The van der Waals surface area contributed by atoms with Crippen molar-refractivity contribution >= 4 is 19.8 Å². The molecule has 0 aromatic heterocycles. The molecule has 0 aromatic rings. The van der Waals surface area contributed by atoms with Gasteiger partial charge in [-0.1, -0.05) is 164 Å². The third-order valence-corrected chi connectivity index (χ3v) is 8.52. The quantitative estimate of drug-likeness (QED) is 0.0193. The number of ether oxygens (including phenoxy) is 2. The van der Waals surface area contributed by atoms with E-state index in [0.29, 0.717) is 6.42 Å². The molecule has 0 saturated carbocycles. The van der Waals surface area contributed by atoms with Gasteiger partial charge in [-0.2, -0.15) is 0 Å². The second-order valence-corrected chi connectivity index (χ2v) is 14.8. The van der Waals surface area contributed by atoms with Crippen LogP contribution in [0.3, 0.4) is 0 Å². The van der Waals surface area contributed by atoms with E-state index in [-0.39, 0.29) is 19.3 Å². The predicted molar refractivity (Wildman–Crippen MR) is 213 cm³/mol. The molecule has 10 heteroatoms. The Bertz CT molecular complexity index is 1100. The maximum atomic E-state index is 12.4. The first-order chi connectivity index (χ1) is 25.0. The largest absolute Gasteiger partial charge is 0.469 e. The highest BCUT2D eigenvalue weighted by atomic mass is 31.2. The van der Waals surface area contributed by atoms with Gasteiger partial charge in [-0.3, -0.25) is 14.1 Å². The number of carbonyl (C=O) groups is 2. The van der Waals surface area contributed by atoms with Crippen molar-refractivity contribution in [3.63, 3.8) is 0 Å². The van der Waals surface area contributed by atoms with Crippen LogP contribution >= 0.6 is 7.82 Å². The Hall–Kier alpha value is -2.55. The summed E-state index contributed by atoms with van der Waals surface area (Å²) in [7, 11) is -4.81. The minimum atomic E-state index is -4.81. The van der Waals surface area contributed by atoms with E-state index in [1.54, 1.807) is 12.2 Å². The Morgan fingerprint density at radius 1 is 0.615 bits per heavy atom. The Morgan fingerprint density at radius 3 is 1.63 bits per heavy atom. The van der Waals surface area contributed by atoms with Crippen molar-refractivity contribution in [3.05, 3.63) is 72.9 Å². The molecule has 0 aromatic carbocycles. The minimum absolute atomic E-state index is 0.0878. The lowest BCUT2D eigenvalue weighted by atomic mass is 10.0. The Labute approximate surface area is 315 Å². The van der Waals surface area contributed by atoms with E-state index in [2.05, 4.69) is 73.9 Å². The third kappa shape index (κ3) is 38.7. The molecule has 0 aliphatic carbocycles. The molecule has 2 atom stereocenters. The van der Waals surface area contributed by atoms with Crippen LogP contribution in [-0.2, 0) is 28.2 Å². The smallest absolute Gasteiger partial charge is 0.462 e. The fourth-order valence-electron chi connectivity index (χ4n) is 5.08. The highest BCUT2D eigenvalue weighted by molar-refractivity contribution is 7.46. The van der Waals surface area contributed by atoms with E-state index in [1.807, 2.05) is 12.2 Å². The highest BCUT2D eigenvalue weighted by Gasteiger charge is 2.23. The first-order valence-corrected chi connectivity index (χ1v) is 21.2. The number of rotatable bonds is 34. The van der Waals surface area contributed by atoms with Crippen molar-refractivity contribution in [3.8, 4) is 0 Å². The van der Waals surface area contributed by atoms with Crippen LogP contribution in [0.1, 0.15) is 149 Å². The van der Waals surface area contributed by atoms with Gasteiger partial charge in [0.25, 0.3) is 0 Å². The lowest BCUT2D eigenvalue weighted by Crippen LogP contribution is -2.29. The van der Waals surface area contributed by atoms with Crippen molar-refractivity contribution in [2.45, 2.75) is 161 Å². The van der Waals surface area contributed by atoms with Gasteiger partial charge in [0.05, 0.1) is 12.7 Å². The van der Waals surface area contributed by atoms with Crippen molar-refractivity contribution in [2.24, 2.45) is 5.92 Å².